The number of nitrogens with zero attached hydrogens (tertiary/aromatic N) is 2. The van der Waals surface area contributed by atoms with Crippen LogP contribution in [0.25, 0.3) is 0 Å². The molecule has 2 heterocycles. The topological polar surface area (TPSA) is 37.8 Å². The predicted octanol–water partition coefficient (Wildman–Crippen LogP) is 1.21. The summed E-state index contributed by atoms with van der Waals surface area (Å²) in [4.78, 5) is 8.32. The van der Waals surface area contributed by atoms with Crippen LogP contribution in [0.3, 0.4) is 0 Å². The van der Waals surface area contributed by atoms with Crippen molar-refractivity contribution < 1.29 is 0 Å². The maximum absolute atomic E-state index is 4.25. The molecule has 0 aliphatic carbocycles. The fraction of sp³-hybridized carbons (Fsp3) is 0.556. The molecule has 0 saturated carbocycles. The molecule has 0 spiro atoms. The zero-order valence-electron chi connectivity index (χ0n) is 7.25. The first kappa shape index (κ1) is 7.68. The van der Waals surface area contributed by atoms with Gasteiger partial charge in [-0.2, -0.15) is 0 Å². The fourth-order valence-corrected chi connectivity index (χ4v) is 1.60. The first-order valence-electron chi connectivity index (χ1n) is 4.38. The van der Waals surface area contributed by atoms with Gasteiger partial charge in [-0.05, 0) is 32.4 Å². The van der Waals surface area contributed by atoms with Crippen LogP contribution < -0.4 is 5.32 Å². The monoisotopic (exact) mass is 163 g/mol. The van der Waals surface area contributed by atoms with E-state index in [4.69, 9.17) is 0 Å². The second-order valence-electron chi connectivity index (χ2n) is 3.23. The molecule has 1 saturated heterocycles. The van der Waals surface area contributed by atoms with Gasteiger partial charge in [0.25, 0.3) is 0 Å². The molecule has 0 radical (unpaired) electrons. The van der Waals surface area contributed by atoms with Crippen molar-refractivity contribution in [2.24, 2.45) is 0 Å². The Kier molecular flexibility index (Phi) is 2.04. The van der Waals surface area contributed by atoms with Gasteiger partial charge in [0.2, 0.25) is 0 Å². The van der Waals surface area contributed by atoms with E-state index in [0.717, 1.165) is 17.9 Å². The fourth-order valence-electron chi connectivity index (χ4n) is 1.60. The lowest BCUT2D eigenvalue weighted by molar-refractivity contribution is 0.624. The Morgan fingerprint density at radius 1 is 1.50 bits per heavy atom. The van der Waals surface area contributed by atoms with Crippen molar-refractivity contribution in [1.82, 2.24) is 15.3 Å². The Labute approximate surface area is 72.2 Å². The highest BCUT2D eigenvalue weighted by Crippen LogP contribution is 2.20. The summed E-state index contributed by atoms with van der Waals surface area (Å²) in [6.45, 7) is 3.12. The van der Waals surface area contributed by atoms with Crippen molar-refractivity contribution >= 4 is 0 Å². The minimum absolute atomic E-state index is 0.465. The molecule has 1 N–H and O–H groups in total. The molecule has 0 bridgehead atoms. The largest absolute Gasteiger partial charge is 0.309 e. The molecule has 3 heteroatoms. The highest BCUT2D eigenvalue weighted by Gasteiger charge is 2.16. The number of hydrogen-bond acceptors (Lipinski definition) is 3. The molecule has 12 heavy (non-hydrogen) atoms. The van der Waals surface area contributed by atoms with Crippen LogP contribution in [0.2, 0.25) is 0 Å². The molecule has 1 aliphatic rings. The van der Waals surface area contributed by atoms with E-state index in [-0.39, 0.29) is 0 Å². The molecule has 2 rings (SSSR count). The molecule has 0 aromatic carbocycles. The average molecular weight is 163 g/mol. The van der Waals surface area contributed by atoms with Gasteiger partial charge in [-0.3, -0.25) is 0 Å². The molecule has 64 valence electrons. The van der Waals surface area contributed by atoms with Crippen molar-refractivity contribution in [3.63, 3.8) is 0 Å². The summed E-state index contributed by atoms with van der Waals surface area (Å²) in [5, 5.41) is 3.41. The summed E-state index contributed by atoms with van der Waals surface area (Å²) in [6, 6.07) is 2.52. The van der Waals surface area contributed by atoms with Crippen LogP contribution in [-0.2, 0) is 0 Å². The number of aromatic nitrogens is 2. The highest BCUT2D eigenvalue weighted by molar-refractivity contribution is 5.11. The average Bonchev–Trinajstić information content (AvgIpc) is 2.56. The lowest BCUT2D eigenvalue weighted by Gasteiger charge is -2.08. The predicted molar refractivity (Wildman–Crippen MR) is 46.7 cm³/mol. The Morgan fingerprint density at radius 2 is 2.42 bits per heavy atom. The zero-order chi connectivity index (χ0) is 8.39. The van der Waals surface area contributed by atoms with E-state index in [1.807, 2.05) is 6.92 Å². The van der Waals surface area contributed by atoms with E-state index in [2.05, 4.69) is 21.4 Å². The SMILES string of the molecule is Cc1cc(C2CCCN2)ncn1. The summed E-state index contributed by atoms with van der Waals surface area (Å²) in [5.41, 5.74) is 2.19. The van der Waals surface area contributed by atoms with Gasteiger partial charge in [-0.25, -0.2) is 9.97 Å². The maximum Gasteiger partial charge on any atom is 0.115 e. The maximum atomic E-state index is 4.25. The van der Waals surface area contributed by atoms with E-state index in [1.54, 1.807) is 6.33 Å². The third kappa shape index (κ3) is 1.46. The van der Waals surface area contributed by atoms with Crippen LogP contribution in [0, 0.1) is 6.92 Å². The third-order valence-electron chi connectivity index (χ3n) is 2.24. The lowest BCUT2D eigenvalue weighted by Crippen LogP contribution is -2.14. The molecule has 0 amide bonds. The Balaban J connectivity index is 2.21. The minimum atomic E-state index is 0.465. The molecule has 3 nitrogen and oxygen atoms in total. The van der Waals surface area contributed by atoms with E-state index in [0.29, 0.717) is 6.04 Å². The smallest absolute Gasteiger partial charge is 0.115 e. The molecular weight excluding hydrogens is 150 g/mol. The number of nitrogens with one attached hydrogen (secondary N) is 1. The third-order valence-corrected chi connectivity index (χ3v) is 2.24. The van der Waals surface area contributed by atoms with Gasteiger partial charge in [0, 0.05) is 11.7 Å². The minimum Gasteiger partial charge on any atom is -0.309 e. The summed E-state index contributed by atoms with van der Waals surface area (Å²) >= 11 is 0. The number of rotatable bonds is 1. The second kappa shape index (κ2) is 3.19. The molecular formula is C9H13N3. The molecule has 1 atom stereocenters. The van der Waals surface area contributed by atoms with E-state index in [9.17, 15) is 0 Å². The van der Waals surface area contributed by atoms with Crippen LogP contribution in [0.15, 0.2) is 12.4 Å². The molecule has 1 aromatic rings. The first-order chi connectivity index (χ1) is 5.86. The van der Waals surface area contributed by atoms with Gasteiger partial charge in [0.05, 0.1) is 5.69 Å². The lowest BCUT2D eigenvalue weighted by atomic mass is 10.1. The van der Waals surface area contributed by atoms with E-state index in [1.165, 1.54) is 12.8 Å². The van der Waals surface area contributed by atoms with Crippen LogP contribution in [0.5, 0.6) is 0 Å². The van der Waals surface area contributed by atoms with Crippen molar-refractivity contribution in [2.75, 3.05) is 6.54 Å². The Bertz CT molecular complexity index is 266. The summed E-state index contributed by atoms with van der Waals surface area (Å²) in [5.74, 6) is 0. The standard InChI is InChI=1S/C9H13N3/c1-7-5-9(12-6-11-7)8-3-2-4-10-8/h5-6,8,10H,2-4H2,1H3. The second-order valence-corrected chi connectivity index (χ2v) is 3.23. The van der Waals surface area contributed by atoms with Gasteiger partial charge in [0.1, 0.15) is 6.33 Å². The number of aryl methyl sites for hydroxylation is 1. The van der Waals surface area contributed by atoms with Crippen LogP contribution in [-0.4, -0.2) is 16.5 Å². The normalized spacial score (nSPS) is 22.9. The summed E-state index contributed by atoms with van der Waals surface area (Å²) in [7, 11) is 0. The molecule has 1 fully saturated rings. The van der Waals surface area contributed by atoms with E-state index >= 15 is 0 Å². The van der Waals surface area contributed by atoms with Crippen molar-refractivity contribution in [1.29, 1.82) is 0 Å². The molecule has 1 aromatic heterocycles. The zero-order valence-corrected chi connectivity index (χ0v) is 7.25. The van der Waals surface area contributed by atoms with Crippen LogP contribution in [0.4, 0.5) is 0 Å². The van der Waals surface area contributed by atoms with Gasteiger partial charge < -0.3 is 5.32 Å². The van der Waals surface area contributed by atoms with Crippen LogP contribution in [0.1, 0.15) is 30.3 Å². The van der Waals surface area contributed by atoms with Gasteiger partial charge in [-0.15, -0.1) is 0 Å². The van der Waals surface area contributed by atoms with E-state index < -0.39 is 0 Å². The summed E-state index contributed by atoms with van der Waals surface area (Å²) < 4.78 is 0. The molecule has 1 unspecified atom stereocenters. The number of hydrogen-bond donors (Lipinski definition) is 1. The molecule has 1 aliphatic heterocycles. The summed E-state index contributed by atoms with van der Waals surface area (Å²) in [6.07, 6.45) is 4.11. The first-order valence-corrected chi connectivity index (χ1v) is 4.38. The van der Waals surface area contributed by atoms with Crippen LogP contribution >= 0.6 is 0 Å². The van der Waals surface area contributed by atoms with Crippen molar-refractivity contribution in [3.05, 3.63) is 23.8 Å². The Morgan fingerprint density at radius 3 is 3.08 bits per heavy atom. The van der Waals surface area contributed by atoms with Gasteiger partial charge in [-0.1, -0.05) is 0 Å². The Hall–Kier alpha value is -0.960. The quantitative estimate of drug-likeness (QED) is 0.676. The van der Waals surface area contributed by atoms with Crippen molar-refractivity contribution in [2.45, 2.75) is 25.8 Å². The van der Waals surface area contributed by atoms with Gasteiger partial charge in [0.15, 0.2) is 0 Å². The van der Waals surface area contributed by atoms with Crippen molar-refractivity contribution in [3.8, 4) is 0 Å². The van der Waals surface area contributed by atoms with Gasteiger partial charge >= 0.3 is 0 Å². The highest BCUT2D eigenvalue weighted by atomic mass is 15.0.